The maximum atomic E-state index is 12.5. The second-order valence-corrected chi connectivity index (χ2v) is 6.39. The molecule has 1 aromatic rings. The average Bonchev–Trinajstić information content (AvgIpc) is 3.07. The van der Waals surface area contributed by atoms with Gasteiger partial charge in [0.05, 0.1) is 0 Å². The van der Waals surface area contributed by atoms with Crippen molar-refractivity contribution in [1.29, 1.82) is 0 Å². The number of ether oxygens (including phenoxy) is 1. The van der Waals surface area contributed by atoms with Crippen LogP contribution in [-0.4, -0.2) is 65.5 Å². The largest absolute Gasteiger partial charge is 0.368 e. The number of pyridine rings is 1. The van der Waals surface area contributed by atoms with Gasteiger partial charge < -0.3 is 14.5 Å². The van der Waals surface area contributed by atoms with Crippen molar-refractivity contribution >= 4 is 35.0 Å². The van der Waals surface area contributed by atoms with E-state index in [-0.39, 0.29) is 28.2 Å². The molecule has 1 unspecified atom stereocenters. The number of halogens is 2. The van der Waals surface area contributed by atoms with E-state index in [0.717, 1.165) is 12.8 Å². The Kier molecular flexibility index (Phi) is 5.04. The lowest BCUT2D eigenvalue weighted by Gasteiger charge is -2.35. The lowest BCUT2D eigenvalue weighted by atomic mass is 10.2. The summed E-state index contributed by atoms with van der Waals surface area (Å²) in [6.07, 6.45) is 1.40. The number of hydrogen-bond acceptors (Lipinski definition) is 4. The lowest BCUT2D eigenvalue weighted by Crippen LogP contribution is -2.52. The van der Waals surface area contributed by atoms with Gasteiger partial charge in [0.25, 0.3) is 11.8 Å². The third-order valence-electron chi connectivity index (χ3n) is 4.09. The Labute approximate surface area is 144 Å². The van der Waals surface area contributed by atoms with E-state index in [9.17, 15) is 9.59 Å². The molecule has 0 saturated carbocycles. The molecule has 1 aromatic heterocycles. The van der Waals surface area contributed by atoms with Gasteiger partial charge in [-0.3, -0.25) is 9.59 Å². The van der Waals surface area contributed by atoms with Gasteiger partial charge in [0.1, 0.15) is 16.4 Å². The van der Waals surface area contributed by atoms with Crippen molar-refractivity contribution < 1.29 is 14.3 Å². The predicted molar refractivity (Wildman–Crippen MR) is 85.7 cm³/mol. The highest BCUT2D eigenvalue weighted by molar-refractivity contribution is 6.33. The van der Waals surface area contributed by atoms with Crippen LogP contribution in [0.1, 0.15) is 23.2 Å². The molecule has 6 nitrogen and oxygen atoms in total. The monoisotopic (exact) mass is 357 g/mol. The van der Waals surface area contributed by atoms with E-state index in [1.807, 2.05) is 0 Å². The van der Waals surface area contributed by atoms with Crippen LogP contribution in [0, 0.1) is 0 Å². The van der Waals surface area contributed by atoms with Crippen molar-refractivity contribution in [3.8, 4) is 0 Å². The summed E-state index contributed by atoms with van der Waals surface area (Å²) in [6.45, 7) is 2.64. The molecule has 3 heterocycles. The number of piperazine rings is 1. The Hall–Kier alpha value is -1.37. The first kappa shape index (κ1) is 16.5. The minimum atomic E-state index is -0.310. The Bertz CT molecular complexity index is 592. The van der Waals surface area contributed by atoms with Crippen LogP contribution in [0.15, 0.2) is 12.1 Å². The van der Waals surface area contributed by atoms with Gasteiger partial charge in [-0.25, -0.2) is 4.98 Å². The smallest absolute Gasteiger partial charge is 0.254 e. The summed E-state index contributed by atoms with van der Waals surface area (Å²) >= 11 is 11.7. The average molecular weight is 358 g/mol. The zero-order valence-corrected chi connectivity index (χ0v) is 14.0. The molecule has 23 heavy (non-hydrogen) atoms. The summed E-state index contributed by atoms with van der Waals surface area (Å²) in [5.74, 6) is -0.120. The van der Waals surface area contributed by atoms with Crippen LogP contribution in [0.5, 0.6) is 0 Å². The number of amides is 2. The second kappa shape index (κ2) is 7.03. The molecule has 2 fully saturated rings. The molecule has 0 bridgehead atoms. The van der Waals surface area contributed by atoms with Crippen molar-refractivity contribution in [1.82, 2.24) is 14.8 Å². The summed E-state index contributed by atoms with van der Waals surface area (Å²) in [4.78, 5) is 32.1. The molecule has 0 radical (unpaired) electrons. The molecule has 8 heteroatoms. The Balaban J connectivity index is 1.59. The maximum absolute atomic E-state index is 12.5. The fourth-order valence-electron chi connectivity index (χ4n) is 2.88. The molecule has 0 aromatic carbocycles. The SMILES string of the molecule is O=C(c1cc(Cl)nc(Cl)c1)N1CCN(C(=O)C2CCCO2)CC1. The quantitative estimate of drug-likeness (QED) is 0.757. The third kappa shape index (κ3) is 3.76. The van der Waals surface area contributed by atoms with Gasteiger partial charge in [-0.15, -0.1) is 0 Å². The highest BCUT2D eigenvalue weighted by Gasteiger charge is 2.31. The van der Waals surface area contributed by atoms with Gasteiger partial charge in [-0.05, 0) is 25.0 Å². The van der Waals surface area contributed by atoms with Crippen LogP contribution in [-0.2, 0) is 9.53 Å². The first-order valence-electron chi connectivity index (χ1n) is 7.57. The predicted octanol–water partition coefficient (Wildman–Crippen LogP) is 1.85. The molecule has 0 aliphatic carbocycles. The summed E-state index contributed by atoms with van der Waals surface area (Å²) in [7, 11) is 0. The van der Waals surface area contributed by atoms with Crippen LogP contribution in [0.2, 0.25) is 10.3 Å². The minimum absolute atomic E-state index is 0.0320. The topological polar surface area (TPSA) is 62.7 Å². The summed E-state index contributed by atoms with van der Waals surface area (Å²) in [6, 6.07) is 3.00. The van der Waals surface area contributed by atoms with Crippen LogP contribution in [0.3, 0.4) is 0 Å². The zero-order chi connectivity index (χ0) is 16.4. The highest BCUT2D eigenvalue weighted by atomic mass is 35.5. The van der Waals surface area contributed by atoms with Crippen molar-refractivity contribution in [2.45, 2.75) is 18.9 Å². The van der Waals surface area contributed by atoms with E-state index in [1.165, 1.54) is 12.1 Å². The van der Waals surface area contributed by atoms with Gasteiger partial charge in [0.2, 0.25) is 0 Å². The van der Waals surface area contributed by atoms with Crippen LogP contribution in [0.25, 0.3) is 0 Å². The van der Waals surface area contributed by atoms with Crippen LogP contribution < -0.4 is 0 Å². The van der Waals surface area contributed by atoms with Crippen LogP contribution in [0.4, 0.5) is 0 Å². The Morgan fingerprint density at radius 2 is 1.70 bits per heavy atom. The second-order valence-electron chi connectivity index (χ2n) is 5.62. The van der Waals surface area contributed by atoms with E-state index in [4.69, 9.17) is 27.9 Å². The zero-order valence-electron chi connectivity index (χ0n) is 12.5. The third-order valence-corrected chi connectivity index (χ3v) is 4.48. The number of nitrogens with zero attached hydrogens (tertiary/aromatic N) is 3. The number of hydrogen-bond donors (Lipinski definition) is 0. The van der Waals surface area contributed by atoms with E-state index in [1.54, 1.807) is 9.80 Å². The van der Waals surface area contributed by atoms with E-state index in [0.29, 0.717) is 38.3 Å². The van der Waals surface area contributed by atoms with Crippen molar-refractivity contribution in [3.05, 3.63) is 28.0 Å². The molecular weight excluding hydrogens is 341 g/mol. The lowest BCUT2D eigenvalue weighted by molar-refractivity contribution is -0.142. The Morgan fingerprint density at radius 3 is 2.26 bits per heavy atom. The summed E-state index contributed by atoms with van der Waals surface area (Å²) < 4.78 is 5.43. The Morgan fingerprint density at radius 1 is 1.09 bits per heavy atom. The summed E-state index contributed by atoms with van der Waals surface area (Å²) in [5, 5.41) is 0.376. The van der Waals surface area contributed by atoms with Gasteiger partial charge in [-0.1, -0.05) is 23.2 Å². The van der Waals surface area contributed by atoms with E-state index < -0.39 is 0 Å². The molecule has 2 aliphatic heterocycles. The van der Waals surface area contributed by atoms with Gasteiger partial charge in [-0.2, -0.15) is 0 Å². The van der Waals surface area contributed by atoms with Gasteiger partial charge in [0.15, 0.2) is 0 Å². The van der Waals surface area contributed by atoms with Crippen molar-refractivity contribution in [2.75, 3.05) is 32.8 Å². The standard InChI is InChI=1S/C15H17Cl2N3O3/c16-12-8-10(9-13(17)18-12)14(21)19-3-5-20(6-4-19)15(22)11-2-1-7-23-11/h8-9,11H,1-7H2. The number of carbonyl (C=O) groups is 2. The normalized spacial score (nSPS) is 21.6. The molecule has 0 N–H and O–H groups in total. The minimum Gasteiger partial charge on any atom is -0.368 e. The number of carbonyl (C=O) groups excluding carboxylic acids is 2. The molecule has 2 saturated heterocycles. The molecule has 2 amide bonds. The van der Waals surface area contributed by atoms with E-state index in [2.05, 4.69) is 4.98 Å². The van der Waals surface area contributed by atoms with E-state index >= 15 is 0 Å². The molecule has 3 rings (SSSR count). The molecule has 0 spiro atoms. The van der Waals surface area contributed by atoms with Crippen molar-refractivity contribution in [2.24, 2.45) is 0 Å². The first-order chi connectivity index (χ1) is 11.0. The van der Waals surface area contributed by atoms with Gasteiger partial charge >= 0.3 is 0 Å². The number of rotatable bonds is 2. The van der Waals surface area contributed by atoms with Gasteiger partial charge in [0, 0.05) is 38.3 Å². The number of aromatic nitrogens is 1. The molecule has 1 atom stereocenters. The fourth-order valence-corrected chi connectivity index (χ4v) is 3.34. The summed E-state index contributed by atoms with van der Waals surface area (Å²) in [5.41, 5.74) is 0.411. The highest BCUT2D eigenvalue weighted by Crippen LogP contribution is 2.19. The van der Waals surface area contributed by atoms with Crippen molar-refractivity contribution in [3.63, 3.8) is 0 Å². The molecular formula is C15H17Cl2N3O3. The first-order valence-corrected chi connectivity index (χ1v) is 8.33. The maximum Gasteiger partial charge on any atom is 0.254 e. The fraction of sp³-hybridized carbons (Fsp3) is 0.533. The molecule has 2 aliphatic rings. The van der Waals surface area contributed by atoms with Crippen LogP contribution >= 0.6 is 23.2 Å². The molecule has 124 valence electrons.